The second-order valence-electron chi connectivity index (χ2n) is 5.86. The summed E-state index contributed by atoms with van der Waals surface area (Å²) in [5, 5.41) is 10.3. The van der Waals surface area contributed by atoms with E-state index in [1.807, 2.05) is 41.1 Å². The summed E-state index contributed by atoms with van der Waals surface area (Å²) in [6, 6.07) is 9.42. The predicted octanol–water partition coefficient (Wildman–Crippen LogP) is 2.50. The van der Waals surface area contributed by atoms with Crippen molar-refractivity contribution in [2.75, 3.05) is 0 Å². The third-order valence-electron chi connectivity index (χ3n) is 4.25. The van der Waals surface area contributed by atoms with E-state index in [4.69, 9.17) is 0 Å². The summed E-state index contributed by atoms with van der Waals surface area (Å²) in [5.74, 6) is -1.01. The first-order valence-electron chi connectivity index (χ1n) is 7.66. The van der Waals surface area contributed by atoms with Crippen molar-refractivity contribution >= 4 is 22.8 Å². The number of hydrogen-bond acceptors (Lipinski definition) is 2. The number of rotatable bonds is 6. The van der Waals surface area contributed by atoms with Crippen LogP contribution in [0.25, 0.3) is 10.9 Å². The minimum absolute atomic E-state index is 0.0739. The molecule has 1 saturated carbocycles. The highest BCUT2D eigenvalue weighted by Gasteiger charge is 2.37. The van der Waals surface area contributed by atoms with Gasteiger partial charge in [-0.2, -0.15) is 0 Å². The van der Waals surface area contributed by atoms with Crippen molar-refractivity contribution in [3.8, 4) is 0 Å². The second kappa shape index (κ2) is 5.83. The molecule has 0 spiro atoms. The highest BCUT2D eigenvalue weighted by Crippen LogP contribution is 2.29. The molecule has 5 heteroatoms. The molecule has 1 fully saturated rings. The van der Waals surface area contributed by atoms with Crippen molar-refractivity contribution in [3.05, 3.63) is 36.5 Å². The maximum Gasteiger partial charge on any atom is 0.326 e. The molecular formula is C17H20N2O3. The molecule has 1 aliphatic rings. The predicted molar refractivity (Wildman–Crippen MR) is 83.5 cm³/mol. The third kappa shape index (κ3) is 2.84. The zero-order chi connectivity index (χ0) is 15.7. The number of amides is 1. The van der Waals surface area contributed by atoms with Gasteiger partial charge in [0.05, 0.1) is 0 Å². The first-order chi connectivity index (χ1) is 10.6. The fraction of sp³-hybridized carbons (Fsp3) is 0.412. The van der Waals surface area contributed by atoms with Crippen LogP contribution in [-0.4, -0.2) is 38.5 Å². The van der Waals surface area contributed by atoms with Crippen LogP contribution in [0.1, 0.15) is 26.2 Å². The molecule has 0 aliphatic heterocycles. The third-order valence-corrected chi connectivity index (χ3v) is 4.25. The van der Waals surface area contributed by atoms with Crippen LogP contribution in [0.5, 0.6) is 0 Å². The van der Waals surface area contributed by atoms with Crippen LogP contribution < -0.4 is 0 Å². The lowest BCUT2D eigenvalue weighted by Crippen LogP contribution is -2.44. The monoisotopic (exact) mass is 300 g/mol. The molecule has 3 rings (SSSR count). The molecule has 1 aliphatic carbocycles. The van der Waals surface area contributed by atoms with Gasteiger partial charge in [-0.3, -0.25) is 4.79 Å². The first-order valence-corrected chi connectivity index (χ1v) is 7.66. The van der Waals surface area contributed by atoms with E-state index in [1.54, 1.807) is 11.8 Å². The Morgan fingerprint density at radius 3 is 2.73 bits per heavy atom. The molecule has 0 bridgehead atoms. The Kier molecular flexibility index (Phi) is 3.88. The Bertz CT molecular complexity index is 703. The lowest BCUT2D eigenvalue weighted by Gasteiger charge is -2.26. The van der Waals surface area contributed by atoms with Crippen LogP contribution in [0, 0.1) is 0 Å². The molecule has 0 saturated heterocycles. The van der Waals surface area contributed by atoms with Gasteiger partial charge in [-0.05, 0) is 37.3 Å². The van der Waals surface area contributed by atoms with Crippen LogP contribution in [0.3, 0.4) is 0 Å². The molecule has 1 amide bonds. The SMILES string of the molecule is CC(C(=O)O)N(C(=O)CCn1ccc2ccccc21)C1CC1. The van der Waals surface area contributed by atoms with E-state index >= 15 is 0 Å². The normalized spacial score (nSPS) is 15.7. The fourth-order valence-electron chi connectivity index (χ4n) is 2.89. The lowest BCUT2D eigenvalue weighted by molar-refractivity contribution is -0.150. The summed E-state index contributed by atoms with van der Waals surface area (Å²) >= 11 is 0. The van der Waals surface area contributed by atoms with E-state index in [0.717, 1.165) is 23.7 Å². The number of aliphatic carboxylic acids is 1. The quantitative estimate of drug-likeness (QED) is 0.891. The van der Waals surface area contributed by atoms with Crippen molar-refractivity contribution in [3.63, 3.8) is 0 Å². The van der Waals surface area contributed by atoms with E-state index in [2.05, 4.69) is 0 Å². The van der Waals surface area contributed by atoms with Crippen LogP contribution in [0.4, 0.5) is 0 Å². The largest absolute Gasteiger partial charge is 0.480 e. The van der Waals surface area contributed by atoms with Gasteiger partial charge in [0.25, 0.3) is 0 Å². The van der Waals surface area contributed by atoms with E-state index in [1.165, 1.54) is 0 Å². The Balaban J connectivity index is 1.69. The van der Waals surface area contributed by atoms with Crippen LogP contribution in [-0.2, 0) is 16.1 Å². The molecular weight excluding hydrogens is 280 g/mol. The molecule has 1 unspecified atom stereocenters. The maximum atomic E-state index is 12.5. The topological polar surface area (TPSA) is 62.5 Å². The number of hydrogen-bond donors (Lipinski definition) is 1. The Morgan fingerprint density at radius 2 is 2.05 bits per heavy atom. The highest BCUT2D eigenvalue weighted by atomic mass is 16.4. The summed E-state index contributed by atoms with van der Waals surface area (Å²) < 4.78 is 2.05. The lowest BCUT2D eigenvalue weighted by atomic mass is 10.2. The molecule has 1 atom stereocenters. The van der Waals surface area contributed by atoms with Crippen molar-refractivity contribution in [1.82, 2.24) is 9.47 Å². The number of aromatic nitrogens is 1. The summed E-state index contributed by atoms with van der Waals surface area (Å²) in [4.78, 5) is 25.2. The second-order valence-corrected chi connectivity index (χ2v) is 5.86. The zero-order valence-electron chi connectivity index (χ0n) is 12.6. The Hall–Kier alpha value is -2.30. The number of carbonyl (C=O) groups is 2. The summed E-state index contributed by atoms with van der Waals surface area (Å²) in [5.41, 5.74) is 1.10. The molecule has 1 aromatic heterocycles. The Morgan fingerprint density at radius 1 is 1.32 bits per heavy atom. The van der Waals surface area contributed by atoms with Crippen molar-refractivity contribution < 1.29 is 14.7 Å². The van der Waals surface area contributed by atoms with E-state index in [-0.39, 0.29) is 11.9 Å². The summed E-state index contributed by atoms with van der Waals surface area (Å²) in [6.45, 7) is 2.16. The van der Waals surface area contributed by atoms with Gasteiger partial charge in [-0.15, -0.1) is 0 Å². The first kappa shape index (κ1) is 14.6. The molecule has 2 aromatic rings. The van der Waals surface area contributed by atoms with Gasteiger partial charge in [0.1, 0.15) is 6.04 Å². The minimum Gasteiger partial charge on any atom is -0.480 e. The number of benzene rings is 1. The highest BCUT2D eigenvalue weighted by molar-refractivity contribution is 5.84. The van der Waals surface area contributed by atoms with Gasteiger partial charge in [0, 0.05) is 30.7 Å². The number of carboxylic acid groups (broad SMARTS) is 1. The van der Waals surface area contributed by atoms with Crippen LogP contribution in [0.2, 0.25) is 0 Å². The molecule has 116 valence electrons. The van der Waals surface area contributed by atoms with Gasteiger partial charge in [-0.25, -0.2) is 4.79 Å². The molecule has 22 heavy (non-hydrogen) atoms. The molecule has 0 radical (unpaired) electrons. The smallest absolute Gasteiger partial charge is 0.326 e. The summed E-state index contributed by atoms with van der Waals surface area (Å²) in [7, 11) is 0. The van der Waals surface area contributed by atoms with Gasteiger partial charge in [0.15, 0.2) is 0 Å². The molecule has 1 heterocycles. The molecule has 5 nitrogen and oxygen atoms in total. The number of para-hydroxylation sites is 1. The minimum atomic E-state index is -0.938. The number of aryl methyl sites for hydroxylation is 1. The van der Waals surface area contributed by atoms with E-state index < -0.39 is 12.0 Å². The van der Waals surface area contributed by atoms with Gasteiger partial charge in [-0.1, -0.05) is 18.2 Å². The number of carboxylic acids is 1. The van der Waals surface area contributed by atoms with E-state index in [9.17, 15) is 14.7 Å². The van der Waals surface area contributed by atoms with Crippen molar-refractivity contribution in [2.24, 2.45) is 0 Å². The van der Waals surface area contributed by atoms with Crippen molar-refractivity contribution in [1.29, 1.82) is 0 Å². The number of nitrogens with zero attached hydrogens (tertiary/aromatic N) is 2. The average molecular weight is 300 g/mol. The van der Waals surface area contributed by atoms with Crippen LogP contribution in [0.15, 0.2) is 36.5 Å². The molecule has 1 N–H and O–H groups in total. The average Bonchev–Trinajstić information content (AvgIpc) is 3.25. The fourth-order valence-corrected chi connectivity index (χ4v) is 2.89. The van der Waals surface area contributed by atoms with Gasteiger partial charge >= 0.3 is 5.97 Å². The zero-order valence-corrected chi connectivity index (χ0v) is 12.6. The summed E-state index contributed by atoms with van der Waals surface area (Å²) in [6.07, 6.45) is 4.12. The van der Waals surface area contributed by atoms with E-state index in [0.29, 0.717) is 13.0 Å². The number of fused-ring (bicyclic) bond motifs is 1. The van der Waals surface area contributed by atoms with Crippen molar-refractivity contribution in [2.45, 2.75) is 44.8 Å². The van der Waals surface area contributed by atoms with Gasteiger partial charge in [0.2, 0.25) is 5.91 Å². The standard InChI is InChI=1S/C17H20N2O3/c1-12(17(21)22)19(14-6-7-14)16(20)9-11-18-10-8-13-4-2-3-5-15(13)18/h2-5,8,10,12,14H,6-7,9,11H2,1H3,(H,21,22). The maximum absolute atomic E-state index is 12.5. The Labute approximate surface area is 129 Å². The van der Waals surface area contributed by atoms with Gasteiger partial charge < -0.3 is 14.6 Å². The van der Waals surface area contributed by atoms with Crippen LogP contribution >= 0.6 is 0 Å². The number of carbonyl (C=O) groups excluding carboxylic acids is 1. The molecule has 1 aromatic carbocycles.